The molecule has 2 amide bonds. The summed E-state index contributed by atoms with van der Waals surface area (Å²) in [5.74, 6) is -2.20. The molecule has 0 aliphatic rings. The molecule has 3 N–H and O–H groups in total. The quantitative estimate of drug-likeness (QED) is 0.742. The largest absolute Gasteiger partial charge is 0.480 e. The predicted octanol–water partition coefficient (Wildman–Crippen LogP) is 2.80. The molecule has 0 saturated carbocycles. The summed E-state index contributed by atoms with van der Waals surface area (Å²) in [7, 11) is 0. The van der Waals surface area contributed by atoms with Crippen molar-refractivity contribution in [2.75, 3.05) is 5.32 Å². The van der Waals surface area contributed by atoms with Crippen LogP contribution in [0.1, 0.15) is 48.5 Å². The first kappa shape index (κ1) is 19.2. The average molecular weight is 340 g/mol. The lowest BCUT2D eigenvalue weighted by molar-refractivity contribution is -0.140. The van der Waals surface area contributed by atoms with Gasteiger partial charge < -0.3 is 15.7 Å². The molecule has 0 aromatic carbocycles. The number of amides is 2. The number of hydrogen-bond acceptors (Lipinski definition) is 4. The van der Waals surface area contributed by atoms with Crippen LogP contribution in [0.4, 0.5) is 5.00 Å². The molecule has 6 nitrogen and oxygen atoms in total. The monoisotopic (exact) mass is 340 g/mol. The summed E-state index contributed by atoms with van der Waals surface area (Å²) in [5, 5.41) is 15.0. The number of aryl methyl sites for hydroxylation is 1. The SMILES string of the molecule is Cc1sc(NC(=O)C(C)C)c(C(=O)NC(C(=O)O)C(C)C)c1C. The van der Waals surface area contributed by atoms with Gasteiger partial charge in [0, 0.05) is 10.8 Å². The number of carbonyl (C=O) groups is 3. The van der Waals surface area contributed by atoms with Gasteiger partial charge in [-0.15, -0.1) is 11.3 Å². The van der Waals surface area contributed by atoms with Crippen LogP contribution in [-0.2, 0) is 9.59 Å². The standard InChI is InChI=1S/C16H24N2O4S/c1-7(2)12(16(21)22)17-14(20)11-9(5)10(6)23-15(11)18-13(19)8(3)4/h7-8,12H,1-6H3,(H,17,20)(H,18,19)(H,21,22). The van der Waals surface area contributed by atoms with Crippen molar-refractivity contribution in [3.8, 4) is 0 Å². The molecule has 1 aromatic heterocycles. The van der Waals surface area contributed by atoms with Crippen molar-refractivity contribution in [2.24, 2.45) is 11.8 Å². The Morgan fingerprint density at radius 3 is 2.09 bits per heavy atom. The van der Waals surface area contributed by atoms with Crippen LogP contribution in [0, 0.1) is 25.7 Å². The van der Waals surface area contributed by atoms with Gasteiger partial charge in [0.05, 0.1) is 5.56 Å². The third-order valence-electron chi connectivity index (χ3n) is 3.59. The Bertz CT molecular complexity index is 620. The van der Waals surface area contributed by atoms with Crippen molar-refractivity contribution in [3.05, 3.63) is 16.0 Å². The molecule has 1 unspecified atom stereocenters. The molecule has 0 fully saturated rings. The van der Waals surface area contributed by atoms with Gasteiger partial charge in [-0.05, 0) is 25.3 Å². The molecule has 0 radical (unpaired) electrons. The van der Waals surface area contributed by atoms with Crippen molar-refractivity contribution in [1.29, 1.82) is 0 Å². The van der Waals surface area contributed by atoms with Gasteiger partial charge in [-0.25, -0.2) is 4.79 Å². The molecule has 0 saturated heterocycles. The van der Waals surface area contributed by atoms with Crippen molar-refractivity contribution in [3.63, 3.8) is 0 Å². The molecule has 7 heteroatoms. The maximum atomic E-state index is 12.6. The Hall–Kier alpha value is -1.89. The highest BCUT2D eigenvalue weighted by Crippen LogP contribution is 2.32. The second kappa shape index (κ2) is 7.59. The van der Waals surface area contributed by atoms with E-state index in [-0.39, 0.29) is 17.7 Å². The van der Waals surface area contributed by atoms with Crippen molar-refractivity contribution in [1.82, 2.24) is 5.32 Å². The highest BCUT2D eigenvalue weighted by Gasteiger charge is 2.28. The number of aliphatic carboxylic acids is 1. The van der Waals surface area contributed by atoms with Gasteiger partial charge in [-0.2, -0.15) is 0 Å². The zero-order valence-corrected chi connectivity index (χ0v) is 15.1. The Morgan fingerprint density at radius 2 is 1.65 bits per heavy atom. The fourth-order valence-corrected chi connectivity index (χ4v) is 3.03. The lowest BCUT2D eigenvalue weighted by Crippen LogP contribution is -2.44. The lowest BCUT2D eigenvalue weighted by atomic mass is 10.0. The van der Waals surface area contributed by atoms with Gasteiger partial charge in [0.2, 0.25) is 5.91 Å². The number of thiophene rings is 1. The molecule has 1 aromatic rings. The second-order valence-electron chi connectivity index (χ2n) is 6.16. The molecule has 1 atom stereocenters. The summed E-state index contributed by atoms with van der Waals surface area (Å²) in [6, 6.07) is -0.976. The van der Waals surface area contributed by atoms with Gasteiger partial charge in [0.15, 0.2) is 0 Å². The van der Waals surface area contributed by atoms with E-state index in [0.717, 1.165) is 10.4 Å². The number of carboxylic acid groups (broad SMARTS) is 1. The predicted molar refractivity (Wildman–Crippen MR) is 91.0 cm³/mol. The van der Waals surface area contributed by atoms with Crippen LogP contribution in [0.3, 0.4) is 0 Å². The Morgan fingerprint density at radius 1 is 1.09 bits per heavy atom. The van der Waals surface area contributed by atoms with Crippen LogP contribution in [0.5, 0.6) is 0 Å². The van der Waals surface area contributed by atoms with Crippen molar-refractivity contribution >= 4 is 34.1 Å². The van der Waals surface area contributed by atoms with Gasteiger partial charge in [-0.3, -0.25) is 9.59 Å². The molecule has 0 aliphatic carbocycles. The summed E-state index contributed by atoms with van der Waals surface area (Å²) in [6.45, 7) is 10.6. The first-order valence-electron chi connectivity index (χ1n) is 7.50. The van der Waals surface area contributed by atoms with Crippen LogP contribution >= 0.6 is 11.3 Å². The van der Waals surface area contributed by atoms with Crippen LogP contribution < -0.4 is 10.6 Å². The van der Waals surface area contributed by atoms with Crippen molar-refractivity contribution < 1.29 is 19.5 Å². The van der Waals surface area contributed by atoms with E-state index in [1.54, 1.807) is 34.6 Å². The Kier molecular flexibility index (Phi) is 6.32. The van der Waals surface area contributed by atoms with E-state index in [4.69, 9.17) is 0 Å². The van der Waals surface area contributed by atoms with Crippen molar-refractivity contribution in [2.45, 2.75) is 47.6 Å². The fourth-order valence-electron chi connectivity index (χ4n) is 1.97. The number of carboxylic acids is 1. The minimum atomic E-state index is -1.08. The number of rotatable bonds is 6. The topological polar surface area (TPSA) is 95.5 Å². The van der Waals surface area contributed by atoms with Gasteiger partial charge in [0.25, 0.3) is 5.91 Å². The molecular formula is C16H24N2O4S. The zero-order valence-electron chi connectivity index (χ0n) is 14.3. The van der Waals surface area contributed by atoms with Crippen LogP contribution in [0.2, 0.25) is 0 Å². The van der Waals surface area contributed by atoms with Gasteiger partial charge >= 0.3 is 5.97 Å². The highest BCUT2D eigenvalue weighted by atomic mass is 32.1. The number of nitrogens with one attached hydrogen (secondary N) is 2. The first-order valence-corrected chi connectivity index (χ1v) is 8.32. The summed E-state index contributed by atoms with van der Waals surface area (Å²) < 4.78 is 0. The Balaban J connectivity index is 3.13. The second-order valence-corrected chi connectivity index (χ2v) is 7.39. The van der Waals surface area contributed by atoms with Gasteiger partial charge in [-0.1, -0.05) is 27.7 Å². The summed E-state index contributed by atoms with van der Waals surface area (Å²) >= 11 is 1.32. The molecule has 1 heterocycles. The maximum Gasteiger partial charge on any atom is 0.326 e. The molecule has 0 aliphatic heterocycles. The van der Waals surface area contributed by atoms with Crippen LogP contribution in [0.25, 0.3) is 0 Å². The van der Waals surface area contributed by atoms with E-state index in [0.29, 0.717) is 10.6 Å². The van der Waals surface area contributed by atoms with E-state index < -0.39 is 17.9 Å². The minimum absolute atomic E-state index is 0.182. The molecule has 128 valence electrons. The number of anilines is 1. The normalized spacial score (nSPS) is 12.3. The third-order valence-corrected chi connectivity index (χ3v) is 4.72. The number of carbonyl (C=O) groups excluding carboxylic acids is 2. The van der Waals surface area contributed by atoms with E-state index in [9.17, 15) is 19.5 Å². The van der Waals surface area contributed by atoms with Crippen LogP contribution in [0.15, 0.2) is 0 Å². The van der Waals surface area contributed by atoms with Crippen LogP contribution in [-0.4, -0.2) is 28.9 Å². The molecule has 23 heavy (non-hydrogen) atoms. The van der Waals surface area contributed by atoms with E-state index >= 15 is 0 Å². The summed E-state index contributed by atoms with van der Waals surface area (Å²) in [4.78, 5) is 36.6. The fraction of sp³-hybridized carbons (Fsp3) is 0.562. The summed E-state index contributed by atoms with van der Waals surface area (Å²) in [5.41, 5.74) is 1.09. The molecule has 1 rings (SSSR count). The van der Waals surface area contributed by atoms with E-state index in [1.807, 2.05) is 6.92 Å². The highest BCUT2D eigenvalue weighted by molar-refractivity contribution is 7.16. The molecule has 0 spiro atoms. The zero-order chi connectivity index (χ0) is 17.9. The average Bonchev–Trinajstić information content (AvgIpc) is 2.70. The maximum absolute atomic E-state index is 12.6. The number of hydrogen-bond donors (Lipinski definition) is 3. The lowest BCUT2D eigenvalue weighted by Gasteiger charge is -2.18. The molecular weight excluding hydrogens is 316 g/mol. The minimum Gasteiger partial charge on any atom is -0.480 e. The third kappa shape index (κ3) is 4.54. The first-order chi connectivity index (χ1) is 10.6. The Labute approximate surface area is 140 Å². The summed E-state index contributed by atoms with van der Waals surface area (Å²) in [6.07, 6.45) is 0. The van der Waals surface area contributed by atoms with Gasteiger partial charge in [0.1, 0.15) is 11.0 Å². The van der Waals surface area contributed by atoms with E-state index in [1.165, 1.54) is 11.3 Å². The smallest absolute Gasteiger partial charge is 0.326 e. The molecule has 0 bridgehead atoms. The van der Waals surface area contributed by atoms with E-state index in [2.05, 4.69) is 10.6 Å².